The lowest BCUT2D eigenvalue weighted by atomic mass is 10.1. The molecule has 0 bridgehead atoms. The highest BCUT2D eigenvalue weighted by atomic mass is 35.5. The molecule has 1 aliphatic rings. The van der Waals surface area contributed by atoms with Gasteiger partial charge in [0, 0.05) is 45.3 Å². The zero-order valence-corrected chi connectivity index (χ0v) is 20.1. The monoisotopic (exact) mass is 491 g/mol. The maximum absolute atomic E-state index is 13.1. The number of rotatable bonds is 11. The van der Waals surface area contributed by atoms with Crippen LogP contribution in [0.15, 0.2) is 42.5 Å². The number of likely N-dealkylation sites (N-methyl/N-ethyl adjacent to an activating group) is 1. The van der Waals surface area contributed by atoms with Crippen molar-refractivity contribution in [2.24, 2.45) is 0 Å². The largest absolute Gasteiger partial charge is 0.492 e. The van der Waals surface area contributed by atoms with Gasteiger partial charge in [-0.05, 0) is 55.8 Å². The lowest BCUT2D eigenvalue weighted by Gasteiger charge is -2.31. The Morgan fingerprint density at radius 2 is 1.97 bits per heavy atom. The third-order valence-corrected chi connectivity index (χ3v) is 6.04. The Labute approximate surface area is 204 Å². The van der Waals surface area contributed by atoms with Crippen LogP contribution < -0.4 is 15.4 Å². The minimum atomic E-state index is -0.516. The first kappa shape index (κ1) is 25.9. The van der Waals surface area contributed by atoms with Crippen molar-refractivity contribution in [1.29, 1.82) is 0 Å². The maximum Gasteiger partial charge on any atom is 0.252 e. The summed E-state index contributed by atoms with van der Waals surface area (Å²) in [5.74, 6) is -0.409. The molecule has 0 aromatic heterocycles. The van der Waals surface area contributed by atoms with Crippen LogP contribution in [0.2, 0.25) is 5.02 Å². The first-order valence-corrected chi connectivity index (χ1v) is 11.8. The lowest BCUT2D eigenvalue weighted by Crippen LogP contribution is -2.38. The van der Waals surface area contributed by atoms with E-state index in [4.69, 9.17) is 21.1 Å². The summed E-state index contributed by atoms with van der Waals surface area (Å²) in [5, 5.41) is 5.48. The van der Waals surface area contributed by atoms with Crippen molar-refractivity contribution in [2.75, 3.05) is 40.0 Å². The molecule has 1 heterocycles. The second kappa shape index (κ2) is 13.3. The first-order chi connectivity index (χ1) is 16.4. The second-order valence-electron chi connectivity index (χ2n) is 8.23. The van der Waals surface area contributed by atoms with E-state index < -0.39 is 11.7 Å². The Bertz CT molecular complexity index is 969. The number of ether oxygens (including phenoxy) is 2. The van der Waals surface area contributed by atoms with Crippen molar-refractivity contribution >= 4 is 23.4 Å². The molecule has 0 aliphatic carbocycles. The zero-order chi connectivity index (χ0) is 24.3. The van der Waals surface area contributed by atoms with Gasteiger partial charge >= 0.3 is 0 Å². The molecule has 2 N–H and O–H groups in total. The first-order valence-electron chi connectivity index (χ1n) is 11.4. The van der Waals surface area contributed by atoms with Crippen molar-refractivity contribution in [3.8, 4) is 5.75 Å². The molecule has 9 heteroatoms. The number of carbonyl (C=O) groups excluding carboxylic acids is 2. The van der Waals surface area contributed by atoms with Gasteiger partial charge in [0.25, 0.3) is 5.91 Å². The van der Waals surface area contributed by atoms with Gasteiger partial charge in [-0.2, -0.15) is 0 Å². The van der Waals surface area contributed by atoms with Gasteiger partial charge in [-0.25, -0.2) is 4.39 Å². The van der Waals surface area contributed by atoms with Gasteiger partial charge in [0.15, 0.2) is 0 Å². The number of nitrogens with zero attached hydrogens (tertiary/aromatic N) is 1. The summed E-state index contributed by atoms with van der Waals surface area (Å²) in [6.07, 6.45) is 2.21. The lowest BCUT2D eigenvalue weighted by molar-refractivity contribution is -0.121. The van der Waals surface area contributed by atoms with Gasteiger partial charge < -0.3 is 20.1 Å². The molecule has 0 saturated carbocycles. The summed E-state index contributed by atoms with van der Waals surface area (Å²) in [4.78, 5) is 26.6. The summed E-state index contributed by atoms with van der Waals surface area (Å²) in [6.45, 7) is 3.55. The topological polar surface area (TPSA) is 79.9 Å². The molecule has 1 saturated heterocycles. The van der Waals surface area contributed by atoms with Crippen molar-refractivity contribution in [3.63, 3.8) is 0 Å². The van der Waals surface area contributed by atoms with E-state index in [1.165, 1.54) is 6.07 Å². The van der Waals surface area contributed by atoms with Gasteiger partial charge in [0.2, 0.25) is 5.91 Å². The summed E-state index contributed by atoms with van der Waals surface area (Å²) in [7, 11) is 2.11. The third kappa shape index (κ3) is 8.27. The van der Waals surface area contributed by atoms with Gasteiger partial charge in [-0.3, -0.25) is 14.5 Å². The number of hydrogen-bond acceptors (Lipinski definition) is 5. The van der Waals surface area contributed by atoms with E-state index in [2.05, 4.69) is 22.6 Å². The van der Waals surface area contributed by atoms with Crippen molar-refractivity contribution < 1.29 is 23.5 Å². The van der Waals surface area contributed by atoms with Crippen LogP contribution >= 0.6 is 11.6 Å². The quantitative estimate of drug-likeness (QED) is 0.503. The highest BCUT2D eigenvalue weighted by Crippen LogP contribution is 2.17. The van der Waals surface area contributed by atoms with E-state index in [0.717, 1.165) is 56.0 Å². The van der Waals surface area contributed by atoms with Crippen LogP contribution in [0.5, 0.6) is 5.75 Å². The molecule has 7 nitrogen and oxygen atoms in total. The van der Waals surface area contributed by atoms with E-state index in [0.29, 0.717) is 19.2 Å². The predicted molar refractivity (Wildman–Crippen MR) is 129 cm³/mol. The Hall–Kier alpha value is -2.68. The molecular formula is C25H31ClFN3O4. The van der Waals surface area contributed by atoms with Gasteiger partial charge in [-0.1, -0.05) is 23.7 Å². The Morgan fingerprint density at radius 1 is 1.18 bits per heavy atom. The second-order valence-corrected chi connectivity index (χ2v) is 8.63. The number of nitrogens with one attached hydrogen (secondary N) is 2. The smallest absolute Gasteiger partial charge is 0.252 e. The number of halogens is 2. The highest BCUT2D eigenvalue weighted by molar-refractivity contribution is 6.33. The van der Waals surface area contributed by atoms with E-state index in [-0.39, 0.29) is 29.5 Å². The molecule has 2 amide bonds. The minimum Gasteiger partial charge on any atom is -0.492 e. The fraction of sp³-hybridized carbons (Fsp3) is 0.440. The zero-order valence-electron chi connectivity index (χ0n) is 19.3. The molecule has 184 valence electrons. The standard InChI is InChI=1S/C25H31ClFN3O4/c1-30(20-8-12-33-13-9-20)11-14-34-21-4-2-3-18(15-21)17-29-24(31)7-10-28-25(32)22-6-5-19(27)16-23(22)26/h2-6,15-16,20H,7-14,17H2,1H3,(H,28,32)(H,29,31). The van der Waals surface area contributed by atoms with E-state index in [1.807, 2.05) is 24.3 Å². The number of benzene rings is 2. The Morgan fingerprint density at radius 3 is 2.74 bits per heavy atom. The summed E-state index contributed by atoms with van der Waals surface area (Å²) < 4.78 is 24.4. The minimum absolute atomic E-state index is 0.0271. The molecular weight excluding hydrogens is 461 g/mol. The van der Waals surface area contributed by atoms with Crippen LogP contribution in [0.25, 0.3) is 0 Å². The average Bonchev–Trinajstić information content (AvgIpc) is 2.83. The summed E-state index contributed by atoms with van der Waals surface area (Å²) >= 11 is 5.88. The molecule has 3 rings (SSSR count). The molecule has 34 heavy (non-hydrogen) atoms. The van der Waals surface area contributed by atoms with Crippen LogP contribution in [0, 0.1) is 5.82 Å². The molecule has 1 aliphatic heterocycles. The highest BCUT2D eigenvalue weighted by Gasteiger charge is 2.18. The van der Waals surface area contributed by atoms with Crippen LogP contribution in [0.1, 0.15) is 35.2 Å². The molecule has 0 atom stereocenters. The SMILES string of the molecule is CN(CCOc1cccc(CNC(=O)CCNC(=O)c2ccc(F)cc2Cl)c1)C1CCOCC1. The van der Waals surface area contributed by atoms with Crippen LogP contribution in [-0.4, -0.2) is 62.7 Å². The normalized spacial score (nSPS) is 14.1. The molecule has 0 radical (unpaired) electrons. The van der Waals surface area contributed by atoms with E-state index in [1.54, 1.807) is 0 Å². The number of amides is 2. The number of hydrogen-bond donors (Lipinski definition) is 2. The van der Waals surface area contributed by atoms with Gasteiger partial charge in [0.05, 0.1) is 10.6 Å². The van der Waals surface area contributed by atoms with Crippen LogP contribution in [-0.2, 0) is 16.1 Å². The van der Waals surface area contributed by atoms with Crippen molar-refractivity contribution in [3.05, 3.63) is 64.4 Å². The molecule has 2 aromatic carbocycles. The van der Waals surface area contributed by atoms with Gasteiger partial charge in [0.1, 0.15) is 18.2 Å². The number of carbonyl (C=O) groups is 2. The molecule has 0 spiro atoms. The summed E-state index contributed by atoms with van der Waals surface area (Å²) in [5.41, 5.74) is 1.09. The average molecular weight is 492 g/mol. The maximum atomic E-state index is 13.1. The Balaban J connectivity index is 1.35. The van der Waals surface area contributed by atoms with E-state index >= 15 is 0 Å². The molecule has 2 aromatic rings. The van der Waals surface area contributed by atoms with Crippen molar-refractivity contribution in [2.45, 2.75) is 31.8 Å². The fourth-order valence-electron chi connectivity index (χ4n) is 3.71. The van der Waals surface area contributed by atoms with Gasteiger partial charge in [-0.15, -0.1) is 0 Å². The fourth-order valence-corrected chi connectivity index (χ4v) is 3.96. The summed E-state index contributed by atoms with van der Waals surface area (Å²) in [6, 6.07) is 11.7. The van der Waals surface area contributed by atoms with Crippen molar-refractivity contribution in [1.82, 2.24) is 15.5 Å². The molecule has 0 unspecified atom stereocenters. The third-order valence-electron chi connectivity index (χ3n) is 5.73. The predicted octanol–water partition coefficient (Wildman–Crippen LogP) is 3.41. The van der Waals surface area contributed by atoms with Crippen LogP contribution in [0.4, 0.5) is 4.39 Å². The van der Waals surface area contributed by atoms with Crippen LogP contribution in [0.3, 0.4) is 0 Å². The van der Waals surface area contributed by atoms with E-state index in [9.17, 15) is 14.0 Å². The Kier molecular flexibility index (Phi) is 10.1. The molecule has 1 fully saturated rings.